The van der Waals surface area contributed by atoms with Crippen molar-refractivity contribution < 1.29 is 18.0 Å². The summed E-state index contributed by atoms with van der Waals surface area (Å²) in [4.78, 5) is 24.6. The van der Waals surface area contributed by atoms with Crippen LogP contribution in [0.3, 0.4) is 0 Å². The molecule has 2 N–H and O–H groups in total. The van der Waals surface area contributed by atoms with E-state index in [2.05, 4.69) is 10.6 Å². The first-order chi connectivity index (χ1) is 13.2. The Morgan fingerprint density at radius 1 is 0.893 bits per heavy atom. The number of aryl methyl sites for hydroxylation is 3. The Morgan fingerprint density at radius 3 is 2.21 bits per heavy atom. The molecule has 1 saturated heterocycles. The fourth-order valence-corrected chi connectivity index (χ4v) is 4.57. The lowest BCUT2D eigenvalue weighted by atomic mass is 10.1. The maximum atomic E-state index is 12.3. The average Bonchev–Trinajstić information content (AvgIpc) is 2.99. The topological polar surface area (TPSA) is 95.6 Å². The highest BCUT2D eigenvalue weighted by Gasteiger charge is 2.29. The lowest BCUT2D eigenvalue weighted by Gasteiger charge is -2.19. The maximum absolute atomic E-state index is 12.3. The zero-order valence-electron chi connectivity index (χ0n) is 16.1. The number of nitrogens with one attached hydrogen (secondary N) is 2. The lowest BCUT2D eigenvalue weighted by Crippen LogP contribution is -2.30. The molecule has 2 aromatic carbocycles. The van der Waals surface area contributed by atoms with Crippen LogP contribution in [0.25, 0.3) is 0 Å². The Labute approximate surface area is 164 Å². The molecule has 0 spiro atoms. The molecule has 0 aliphatic carbocycles. The first kappa shape index (κ1) is 19.9. The van der Waals surface area contributed by atoms with Crippen LogP contribution in [0.1, 0.15) is 23.1 Å². The number of carbonyl (C=O) groups is 2. The molecule has 2 amide bonds. The Morgan fingerprint density at radius 2 is 1.57 bits per heavy atom. The third-order valence-corrected chi connectivity index (χ3v) is 6.70. The van der Waals surface area contributed by atoms with E-state index in [1.807, 2.05) is 19.9 Å². The summed E-state index contributed by atoms with van der Waals surface area (Å²) in [5.74, 6) is -1.49. The largest absolute Gasteiger partial charge is 0.318 e. The molecule has 3 rings (SSSR count). The van der Waals surface area contributed by atoms with Crippen molar-refractivity contribution in [2.24, 2.45) is 0 Å². The second kappa shape index (κ2) is 7.63. The fraction of sp³-hybridized carbons (Fsp3) is 0.300. The number of hydrogen-bond acceptors (Lipinski definition) is 4. The van der Waals surface area contributed by atoms with Crippen LogP contribution in [0.4, 0.5) is 17.1 Å². The zero-order valence-corrected chi connectivity index (χ0v) is 16.9. The number of sulfonamides is 1. The molecule has 148 valence electrons. The van der Waals surface area contributed by atoms with Crippen LogP contribution in [-0.2, 0) is 19.6 Å². The highest BCUT2D eigenvalue weighted by molar-refractivity contribution is 7.93. The minimum atomic E-state index is -3.32. The SMILES string of the molecule is Cc1ccc(NC(=O)C(=O)Nc2cc(N3CCCS3(=O)=O)ccc2C)cc1C. The highest BCUT2D eigenvalue weighted by atomic mass is 32.2. The van der Waals surface area contributed by atoms with Crippen LogP contribution in [0.15, 0.2) is 36.4 Å². The van der Waals surface area contributed by atoms with Crippen LogP contribution in [0.5, 0.6) is 0 Å². The summed E-state index contributed by atoms with van der Waals surface area (Å²) >= 11 is 0. The molecule has 0 bridgehead atoms. The normalized spacial score (nSPS) is 15.3. The number of carbonyl (C=O) groups excluding carboxylic acids is 2. The van der Waals surface area contributed by atoms with E-state index in [0.29, 0.717) is 30.0 Å². The predicted octanol–water partition coefficient (Wildman–Crippen LogP) is 2.73. The quantitative estimate of drug-likeness (QED) is 0.773. The number of amides is 2. The van der Waals surface area contributed by atoms with Gasteiger partial charge in [-0.3, -0.25) is 13.9 Å². The van der Waals surface area contributed by atoms with Gasteiger partial charge in [-0.05, 0) is 68.1 Å². The molecular formula is C20H23N3O4S. The van der Waals surface area contributed by atoms with E-state index in [-0.39, 0.29) is 5.75 Å². The number of benzene rings is 2. The molecule has 2 aromatic rings. The molecule has 8 heteroatoms. The van der Waals surface area contributed by atoms with Crippen molar-refractivity contribution in [1.82, 2.24) is 0 Å². The molecule has 0 atom stereocenters. The van der Waals surface area contributed by atoms with Crippen molar-refractivity contribution in [2.45, 2.75) is 27.2 Å². The van der Waals surface area contributed by atoms with Gasteiger partial charge in [0.25, 0.3) is 0 Å². The van der Waals surface area contributed by atoms with Crippen molar-refractivity contribution in [3.63, 3.8) is 0 Å². The molecule has 1 heterocycles. The molecule has 7 nitrogen and oxygen atoms in total. The van der Waals surface area contributed by atoms with Crippen LogP contribution >= 0.6 is 0 Å². The summed E-state index contributed by atoms with van der Waals surface area (Å²) in [6.45, 7) is 6.07. The van der Waals surface area contributed by atoms with Crippen molar-refractivity contribution in [2.75, 3.05) is 27.2 Å². The molecule has 1 fully saturated rings. The fourth-order valence-electron chi connectivity index (χ4n) is 3.02. The van der Waals surface area contributed by atoms with E-state index in [1.165, 1.54) is 4.31 Å². The summed E-state index contributed by atoms with van der Waals surface area (Å²) in [6, 6.07) is 10.4. The van der Waals surface area contributed by atoms with E-state index < -0.39 is 21.8 Å². The van der Waals surface area contributed by atoms with Crippen LogP contribution in [0, 0.1) is 20.8 Å². The van der Waals surface area contributed by atoms with Gasteiger partial charge in [0.2, 0.25) is 10.0 Å². The number of nitrogens with zero attached hydrogens (tertiary/aromatic N) is 1. The van der Waals surface area contributed by atoms with Gasteiger partial charge in [-0.1, -0.05) is 12.1 Å². The average molecular weight is 401 g/mol. The van der Waals surface area contributed by atoms with Crippen molar-refractivity contribution in [3.8, 4) is 0 Å². The van der Waals surface area contributed by atoms with Crippen LogP contribution in [0.2, 0.25) is 0 Å². The zero-order chi connectivity index (χ0) is 20.5. The van der Waals surface area contributed by atoms with Gasteiger partial charge in [-0.2, -0.15) is 0 Å². The second-order valence-electron chi connectivity index (χ2n) is 6.95. The minimum absolute atomic E-state index is 0.112. The lowest BCUT2D eigenvalue weighted by molar-refractivity contribution is -0.133. The third kappa shape index (κ3) is 4.17. The highest BCUT2D eigenvalue weighted by Crippen LogP contribution is 2.28. The minimum Gasteiger partial charge on any atom is -0.318 e. The summed E-state index contributed by atoms with van der Waals surface area (Å²) < 4.78 is 25.6. The first-order valence-electron chi connectivity index (χ1n) is 8.98. The van der Waals surface area contributed by atoms with Crippen molar-refractivity contribution in [3.05, 3.63) is 53.1 Å². The molecule has 1 aliphatic rings. The second-order valence-corrected chi connectivity index (χ2v) is 8.96. The van der Waals surface area contributed by atoms with Gasteiger partial charge in [0.15, 0.2) is 0 Å². The van der Waals surface area contributed by atoms with Gasteiger partial charge in [-0.15, -0.1) is 0 Å². The van der Waals surface area contributed by atoms with Gasteiger partial charge in [0.05, 0.1) is 11.4 Å². The van der Waals surface area contributed by atoms with Gasteiger partial charge >= 0.3 is 11.8 Å². The predicted molar refractivity (Wildman–Crippen MR) is 110 cm³/mol. The standard InChI is InChI=1S/C20H23N3O4S/c1-13-5-7-16(11-15(13)3)21-19(24)20(25)22-18-12-17(8-6-14(18)2)23-9-4-10-28(23,26)27/h5-8,11-12H,4,9-10H2,1-3H3,(H,21,24)(H,22,25). The molecule has 0 aromatic heterocycles. The number of anilines is 3. The summed E-state index contributed by atoms with van der Waals surface area (Å²) in [5, 5.41) is 5.15. The molecule has 0 radical (unpaired) electrons. The van der Waals surface area contributed by atoms with Gasteiger partial charge < -0.3 is 10.6 Å². The van der Waals surface area contributed by atoms with Crippen LogP contribution in [-0.4, -0.2) is 32.5 Å². The Hall–Kier alpha value is -2.87. The van der Waals surface area contributed by atoms with Crippen LogP contribution < -0.4 is 14.9 Å². The Balaban J connectivity index is 1.75. The maximum Gasteiger partial charge on any atom is 0.314 e. The summed E-state index contributed by atoms with van der Waals surface area (Å²) in [6.07, 6.45) is 0.566. The molecule has 0 unspecified atom stereocenters. The third-order valence-electron chi connectivity index (χ3n) is 4.83. The van der Waals surface area contributed by atoms with Gasteiger partial charge in [0, 0.05) is 17.9 Å². The molecular weight excluding hydrogens is 378 g/mol. The Kier molecular flexibility index (Phi) is 5.42. The van der Waals surface area contributed by atoms with Gasteiger partial charge in [0.1, 0.15) is 0 Å². The molecule has 0 saturated carbocycles. The monoisotopic (exact) mass is 401 g/mol. The van der Waals surface area contributed by atoms with Crippen molar-refractivity contribution in [1.29, 1.82) is 0 Å². The van der Waals surface area contributed by atoms with E-state index in [0.717, 1.165) is 16.7 Å². The van der Waals surface area contributed by atoms with Crippen molar-refractivity contribution >= 4 is 38.9 Å². The van der Waals surface area contributed by atoms with Gasteiger partial charge in [-0.25, -0.2) is 8.42 Å². The van der Waals surface area contributed by atoms with E-state index in [9.17, 15) is 18.0 Å². The smallest absolute Gasteiger partial charge is 0.314 e. The number of rotatable bonds is 3. The molecule has 28 heavy (non-hydrogen) atoms. The summed E-state index contributed by atoms with van der Waals surface area (Å²) in [5.41, 5.74) is 4.25. The van der Waals surface area contributed by atoms with E-state index in [4.69, 9.17) is 0 Å². The van der Waals surface area contributed by atoms with E-state index in [1.54, 1.807) is 37.3 Å². The first-order valence-corrected chi connectivity index (χ1v) is 10.6. The molecule has 1 aliphatic heterocycles. The summed E-state index contributed by atoms with van der Waals surface area (Å²) in [7, 11) is -3.32. The van der Waals surface area contributed by atoms with E-state index >= 15 is 0 Å². The number of hydrogen-bond donors (Lipinski definition) is 2. The Bertz CT molecular complexity index is 1050.